The van der Waals surface area contributed by atoms with Crippen LogP contribution in [-0.2, 0) is 24.2 Å². The van der Waals surface area contributed by atoms with Crippen LogP contribution in [0.3, 0.4) is 0 Å². The second-order valence-corrected chi connectivity index (χ2v) is 10.5. The molecule has 1 fully saturated rings. The Morgan fingerprint density at radius 2 is 1.69 bits per heavy atom. The summed E-state index contributed by atoms with van der Waals surface area (Å²) in [7, 11) is 0. The van der Waals surface area contributed by atoms with Crippen LogP contribution in [0.1, 0.15) is 27.3 Å². The maximum absolute atomic E-state index is 13.4. The van der Waals surface area contributed by atoms with Gasteiger partial charge in [-0.1, -0.05) is 58.5 Å². The highest BCUT2D eigenvalue weighted by atomic mass is 35.5. The number of nitrogens with zero attached hydrogens (tertiary/aromatic N) is 4. The Labute approximate surface area is 228 Å². The van der Waals surface area contributed by atoms with Crippen molar-refractivity contribution in [2.75, 3.05) is 37.6 Å². The van der Waals surface area contributed by atoms with E-state index in [1.54, 1.807) is 34.1 Å². The van der Waals surface area contributed by atoms with Gasteiger partial charge in [-0.3, -0.25) is 14.7 Å². The monoisotopic (exact) mass is 565 g/mol. The lowest BCUT2D eigenvalue weighted by atomic mass is 10.0. The minimum Gasteiger partial charge on any atom is -0.367 e. The van der Waals surface area contributed by atoms with Crippen LogP contribution in [0.5, 0.6) is 0 Å². The maximum atomic E-state index is 13.4. The molecule has 0 spiro atoms. The largest absolute Gasteiger partial charge is 0.367 e. The van der Waals surface area contributed by atoms with Crippen LogP contribution in [0.15, 0.2) is 36.4 Å². The Bertz CT molecular complexity index is 1320. The lowest BCUT2D eigenvalue weighted by Crippen LogP contribution is -2.49. The molecule has 2 aliphatic rings. The fourth-order valence-corrected chi connectivity index (χ4v) is 5.55. The van der Waals surface area contributed by atoms with E-state index >= 15 is 0 Å². The summed E-state index contributed by atoms with van der Waals surface area (Å²) in [5.74, 6) is -0.198. The molecule has 2 aromatic carbocycles. The van der Waals surface area contributed by atoms with Crippen molar-refractivity contribution in [3.63, 3.8) is 0 Å². The standard InChI is InChI=1S/C25H23Cl4N5O2/c26-16-5-4-15(19(28)13-16)12-22(35)34-7-6-20-17(14-34)24(31-30-20)25(36)33-10-8-32(9-11-33)21-3-1-2-18(27)23(21)29/h1-5,13H,6-12,14H2,(H,30,31). The third kappa shape index (κ3) is 5.02. The Morgan fingerprint density at radius 1 is 0.917 bits per heavy atom. The highest BCUT2D eigenvalue weighted by molar-refractivity contribution is 6.43. The number of halogens is 4. The van der Waals surface area contributed by atoms with Gasteiger partial charge in [0.05, 0.1) is 22.2 Å². The molecule has 2 amide bonds. The number of carbonyl (C=O) groups excluding carboxylic acids is 2. The van der Waals surface area contributed by atoms with Gasteiger partial charge in [0.1, 0.15) is 0 Å². The predicted octanol–water partition coefficient (Wildman–Crippen LogP) is 5.11. The third-order valence-corrected chi connectivity index (χ3v) is 8.08. The van der Waals surface area contributed by atoms with E-state index in [9.17, 15) is 9.59 Å². The summed E-state index contributed by atoms with van der Waals surface area (Å²) in [6, 6.07) is 10.7. The average molecular weight is 567 g/mol. The van der Waals surface area contributed by atoms with E-state index in [-0.39, 0.29) is 18.2 Å². The Morgan fingerprint density at radius 3 is 2.44 bits per heavy atom. The number of carbonyl (C=O) groups is 2. The summed E-state index contributed by atoms with van der Waals surface area (Å²) in [6.45, 7) is 3.19. The van der Waals surface area contributed by atoms with Gasteiger partial charge in [-0.15, -0.1) is 0 Å². The molecular formula is C25H23Cl4N5O2. The van der Waals surface area contributed by atoms with Gasteiger partial charge >= 0.3 is 0 Å². The van der Waals surface area contributed by atoms with Crippen LogP contribution in [0.4, 0.5) is 5.69 Å². The van der Waals surface area contributed by atoms with Gasteiger partial charge < -0.3 is 14.7 Å². The van der Waals surface area contributed by atoms with Gasteiger partial charge in [-0.05, 0) is 29.8 Å². The van der Waals surface area contributed by atoms with E-state index in [0.29, 0.717) is 71.5 Å². The summed E-state index contributed by atoms with van der Waals surface area (Å²) >= 11 is 24.8. The van der Waals surface area contributed by atoms with E-state index in [1.807, 2.05) is 12.1 Å². The van der Waals surface area contributed by atoms with Crippen LogP contribution in [0.25, 0.3) is 0 Å². The topological polar surface area (TPSA) is 72.5 Å². The molecule has 0 unspecified atom stereocenters. The first-order valence-corrected chi connectivity index (χ1v) is 13.1. The molecule has 0 bridgehead atoms. The molecule has 3 heterocycles. The van der Waals surface area contributed by atoms with Gasteiger partial charge in [0.2, 0.25) is 5.91 Å². The van der Waals surface area contributed by atoms with Crippen molar-refractivity contribution in [1.29, 1.82) is 0 Å². The zero-order valence-electron chi connectivity index (χ0n) is 19.2. The first kappa shape index (κ1) is 25.2. The molecule has 0 atom stereocenters. The molecule has 2 aliphatic heterocycles. The molecule has 7 nitrogen and oxygen atoms in total. The number of amides is 2. The molecule has 3 aromatic rings. The highest BCUT2D eigenvalue weighted by Gasteiger charge is 2.31. The molecule has 1 saturated heterocycles. The number of aromatic amines is 1. The van der Waals surface area contributed by atoms with Crippen molar-refractivity contribution in [3.05, 3.63) is 79.0 Å². The predicted molar refractivity (Wildman–Crippen MR) is 142 cm³/mol. The summed E-state index contributed by atoms with van der Waals surface area (Å²) in [6.07, 6.45) is 0.775. The minimum absolute atomic E-state index is 0.0588. The van der Waals surface area contributed by atoms with Crippen LogP contribution in [-0.4, -0.2) is 64.5 Å². The summed E-state index contributed by atoms with van der Waals surface area (Å²) in [5.41, 5.74) is 3.64. The molecule has 36 heavy (non-hydrogen) atoms. The second kappa shape index (κ2) is 10.5. The molecule has 11 heteroatoms. The van der Waals surface area contributed by atoms with Gasteiger partial charge in [-0.2, -0.15) is 5.10 Å². The number of piperazine rings is 1. The molecule has 0 saturated carbocycles. The molecule has 5 rings (SSSR count). The fraction of sp³-hybridized carbons (Fsp3) is 0.320. The lowest BCUT2D eigenvalue weighted by Gasteiger charge is -2.36. The molecule has 1 N–H and O–H groups in total. The van der Waals surface area contributed by atoms with Gasteiger partial charge in [-0.25, -0.2) is 0 Å². The Kier molecular flexibility index (Phi) is 7.35. The number of benzene rings is 2. The number of hydrogen-bond donors (Lipinski definition) is 1. The number of nitrogens with one attached hydrogen (secondary N) is 1. The quantitative estimate of drug-likeness (QED) is 0.476. The first-order valence-electron chi connectivity index (χ1n) is 11.6. The number of fused-ring (bicyclic) bond motifs is 1. The minimum atomic E-state index is -0.139. The molecule has 1 aromatic heterocycles. The smallest absolute Gasteiger partial charge is 0.274 e. The molecule has 0 aliphatic carbocycles. The van der Waals surface area contributed by atoms with E-state index in [0.717, 1.165) is 22.5 Å². The van der Waals surface area contributed by atoms with Crippen LogP contribution in [0.2, 0.25) is 20.1 Å². The zero-order chi connectivity index (χ0) is 25.4. The number of aromatic nitrogens is 2. The summed E-state index contributed by atoms with van der Waals surface area (Å²) in [5, 5.41) is 9.36. The number of anilines is 1. The van der Waals surface area contributed by atoms with Crippen LogP contribution < -0.4 is 4.90 Å². The van der Waals surface area contributed by atoms with Gasteiger partial charge in [0.15, 0.2) is 5.69 Å². The van der Waals surface area contributed by atoms with Gasteiger partial charge in [0, 0.05) is 67.0 Å². The number of H-pyrrole nitrogens is 1. The number of rotatable bonds is 4. The average Bonchev–Trinajstić information content (AvgIpc) is 3.30. The fourth-order valence-electron chi connectivity index (χ4n) is 4.66. The van der Waals surface area contributed by atoms with E-state index in [2.05, 4.69) is 15.1 Å². The number of hydrogen-bond acceptors (Lipinski definition) is 4. The van der Waals surface area contributed by atoms with Crippen molar-refractivity contribution < 1.29 is 9.59 Å². The van der Waals surface area contributed by atoms with Crippen molar-refractivity contribution in [2.24, 2.45) is 0 Å². The van der Waals surface area contributed by atoms with Crippen LogP contribution >= 0.6 is 46.4 Å². The highest BCUT2D eigenvalue weighted by Crippen LogP contribution is 2.33. The molecular weight excluding hydrogens is 544 g/mol. The maximum Gasteiger partial charge on any atom is 0.274 e. The van der Waals surface area contributed by atoms with Gasteiger partial charge in [0.25, 0.3) is 5.91 Å². The summed E-state index contributed by atoms with van der Waals surface area (Å²) in [4.78, 5) is 32.1. The van der Waals surface area contributed by atoms with E-state index in [4.69, 9.17) is 46.4 Å². The molecule has 188 valence electrons. The van der Waals surface area contributed by atoms with Crippen molar-refractivity contribution in [3.8, 4) is 0 Å². The van der Waals surface area contributed by atoms with E-state index in [1.165, 1.54) is 0 Å². The third-order valence-electron chi connectivity index (χ3n) is 6.68. The second-order valence-electron chi connectivity index (χ2n) is 8.86. The van der Waals surface area contributed by atoms with Crippen molar-refractivity contribution >= 4 is 63.9 Å². The van der Waals surface area contributed by atoms with Crippen molar-refractivity contribution in [2.45, 2.75) is 19.4 Å². The van der Waals surface area contributed by atoms with E-state index < -0.39 is 0 Å². The van der Waals surface area contributed by atoms with Crippen molar-refractivity contribution in [1.82, 2.24) is 20.0 Å². The zero-order valence-corrected chi connectivity index (χ0v) is 22.3. The Hall–Kier alpha value is -2.45. The Balaban J connectivity index is 1.25. The first-order chi connectivity index (χ1) is 17.3. The molecule has 0 radical (unpaired) electrons. The normalized spacial score (nSPS) is 15.7. The lowest BCUT2D eigenvalue weighted by molar-refractivity contribution is -0.131. The summed E-state index contributed by atoms with van der Waals surface area (Å²) < 4.78 is 0. The SMILES string of the molecule is O=C(Cc1ccc(Cl)cc1Cl)N1CCc2[nH]nc(C(=O)N3CCN(c4cccc(Cl)c4Cl)CC3)c2C1. The van der Waals surface area contributed by atoms with Crippen LogP contribution in [0, 0.1) is 0 Å².